The summed E-state index contributed by atoms with van der Waals surface area (Å²) < 4.78 is 12.5. The van der Waals surface area contributed by atoms with Crippen molar-refractivity contribution in [2.45, 2.75) is 75.2 Å². The minimum Gasteiger partial charge on any atom is -0.497 e. The van der Waals surface area contributed by atoms with Crippen LogP contribution in [0, 0.1) is 5.92 Å². The highest BCUT2D eigenvalue weighted by molar-refractivity contribution is 7.20. The number of aliphatic carboxylic acids is 1. The number of hydrogen-bond acceptors (Lipinski definition) is 8. The maximum atomic E-state index is 14.2. The second-order valence-corrected chi connectivity index (χ2v) is 12.9. The summed E-state index contributed by atoms with van der Waals surface area (Å²) in [5.41, 5.74) is 0.487. The summed E-state index contributed by atoms with van der Waals surface area (Å²) in [6, 6.07) is 14.1. The van der Waals surface area contributed by atoms with Crippen molar-refractivity contribution in [2.75, 3.05) is 13.7 Å². The third-order valence-electron chi connectivity index (χ3n) is 8.86. The van der Waals surface area contributed by atoms with E-state index in [9.17, 15) is 19.5 Å². The molecule has 0 spiro atoms. The molecule has 232 valence electrons. The number of methoxy groups -OCH3 is 1. The van der Waals surface area contributed by atoms with Gasteiger partial charge in [0.1, 0.15) is 23.4 Å². The van der Waals surface area contributed by atoms with Crippen LogP contribution >= 0.6 is 11.3 Å². The number of thiazole rings is 1. The number of hydrogen-bond donors (Lipinski definition) is 3. The van der Waals surface area contributed by atoms with Gasteiger partial charge >= 0.3 is 5.97 Å². The fraction of sp³-hybridized carbons (Fsp3) is 0.455. The Kier molecular flexibility index (Phi) is 8.86. The number of allylic oxidation sites excluding steroid dienone is 1. The van der Waals surface area contributed by atoms with Crippen LogP contribution < -0.4 is 20.1 Å². The summed E-state index contributed by atoms with van der Waals surface area (Å²) >= 11 is 1.38. The van der Waals surface area contributed by atoms with Gasteiger partial charge in [-0.2, -0.15) is 0 Å². The van der Waals surface area contributed by atoms with Crippen molar-refractivity contribution < 1.29 is 29.0 Å². The van der Waals surface area contributed by atoms with Crippen molar-refractivity contribution in [3.05, 3.63) is 66.2 Å². The summed E-state index contributed by atoms with van der Waals surface area (Å²) in [5.74, 6) is -1.25. The zero-order valence-electron chi connectivity index (χ0n) is 24.7. The molecule has 1 saturated heterocycles. The molecular formula is C33H38N4O6S. The smallest absolute Gasteiger partial charge is 0.330 e. The Balaban J connectivity index is 1.26. The van der Waals surface area contributed by atoms with Gasteiger partial charge in [0.05, 0.1) is 29.9 Å². The van der Waals surface area contributed by atoms with E-state index < -0.39 is 35.6 Å². The number of aromatic nitrogens is 1. The molecule has 10 nitrogen and oxygen atoms in total. The number of carbonyl (C=O) groups excluding carboxylic acids is 2. The number of ether oxygens (including phenoxy) is 2. The summed E-state index contributed by atoms with van der Waals surface area (Å²) in [7, 11) is 1.61. The average molecular weight is 619 g/mol. The quantitative estimate of drug-likeness (QED) is 0.335. The van der Waals surface area contributed by atoms with Gasteiger partial charge in [-0.1, -0.05) is 66.7 Å². The van der Waals surface area contributed by atoms with E-state index in [-0.39, 0.29) is 24.8 Å². The normalized spacial score (nSPS) is 27.5. The van der Waals surface area contributed by atoms with E-state index in [1.807, 2.05) is 60.7 Å². The molecule has 3 aromatic rings. The van der Waals surface area contributed by atoms with Gasteiger partial charge in [0.25, 0.3) is 5.19 Å². The van der Waals surface area contributed by atoms with Crippen molar-refractivity contribution in [2.24, 2.45) is 5.92 Å². The Labute approximate surface area is 260 Å². The molecule has 0 radical (unpaired) electrons. The number of amides is 2. The first-order valence-corrected chi connectivity index (χ1v) is 16.1. The van der Waals surface area contributed by atoms with E-state index in [2.05, 4.69) is 15.6 Å². The molecule has 2 aliphatic heterocycles. The van der Waals surface area contributed by atoms with Crippen LogP contribution in [0.4, 0.5) is 0 Å². The lowest BCUT2D eigenvalue weighted by molar-refractivity contribution is -0.145. The maximum absolute atomic E-state index is 14.2. The molecule has 2 fully saturated rings. The maximum Gasteiger partial charge on any atom is 0.330 e. The molecule has 3 heterocycles. The standard InChI is InChI=1S/C33H38N4O6S/c1-42-23-14-15-25-28(17-23)44-32(35-25)43-24-16-27-29(38)36-33(31(40)41)18-22(33)12-8-3-2-4-9-13-26(30(39)37(27)20-24)34-19-21-10-6-5-7-11-21/h5-8,10-12,14-15,17,22,24,26-27,34H,2-4,9,13,16,18-20H2,1H3,(H,36,38)(H,40,41)/t22-,24-,26+,27+,33-/m1/s1. The van der Waals surface area contributed by atoms with Crippen LogP contribution in [0.2, 0.25) is 0 Å². The van der Waals surface area contributed by atoms with Crippen LogP contribution in [0.3, 0.4) is 0 Å². The minimum absolute atomic E-state index is 0.175. The fourth-order valence-electron chi connectivity index (χ4n) is 6.24. The van der Waals surface area contributed by atoms with E-state index in [0.717, 1.165) is 47.2 Å². The summed E-state index contributed by atoms with van der Waals surface area (Å²) in [4.78, 5) is 46.6. The number of carboxylic acid groups (broad SMARTS) is 1. The molecule has 11 heteroatoms. The molecule has 2 aromatic carbocycles. The molecule has 5 atom stereocenters. The predicted octanol–water partition coefficient (Wildman–Crippen LogP) is 4.29. The highest BCUT2D eigenvalue weighted by atomic mass is 32.1. The number of nitrogens with one attached hydrogen (secondary N) is 2. The van der Waals surface area contributed by atoms with Gasteiger partial charge in [-0.15, -0.1) is 0 Å². The number of benzene rings is 2. The van der Waals surface area contributed by atoms with E-state index in [4.69, 9.17) is 9.47 Å². The van der Waals surface area contributed by atoms with Gasteiger partial charge in [-0.3, -0.25) is 9.59 Å². The molecule has 0 bridgehead atoms. The number of fused-ring (bicyclic) bond motifs is 3. The molecule has 44 heavy (non-hydrogen) atoms. The third kappa shape index (κ3) is 6.44. The van der Waals surface area contributed by atoms with E-state index in [0.29, 0.717) is 24.6 Å². The highest BCUT2D eigenvalue weighted by Gasteiger charge is 2.61. The van der Waals surface area contributed by atoms with Crippen LogP contribution in [-0.2, 0) is 20.9 Å². The first kappa shape index (κ1) is 30.1. The Morgan fingerprint density at radius 1 is 1.18 bits per heavy atom. The number of carboxylic acids is 1. The summed E-state index contributed by atoms with van der Waals surface area (Å²) in [6.45, 7) is 0.715. The van der Waals surface area contributed by atoms with Gasteiger partial charge in [0.15, 0.2) is 0 Å². The lowest BCUT2D eigenvalue weighted by atomic mass is 10.0. The Bertz CT molecular complexity index is 1540. The van der Waals surface area contributed by atoms with E-state index >= 15 is 0 Å². The molecule has 3 N–H and O–H groups in total. The Morgan fingerprint density at radius 3 is 2.82 bits per heavy atom. The molecule has 6 rings (SSSR count). The second-order valence-electron chi connectivity index (χ2n) is 11.9. The third-order valence-corrected chi connectivity index (χ3v) is 9.77. The van der Waals surface area contributed by atoms with Crippen LogP contribution in [0.15, 0.2) is 60.7 Å². The molecular weight excluding hydrogens is 580 g/mol. The Hall–Kier alpha value is -3.96. The number of carbonyl (C=O) groups is 3. The number of rotatable bonds is 7. The molecule has 1 aromatic heterocycles. The molecule has 0 unspecified atom stereocenters. The van der Waals surface area contributed by atoms with Crippen LogP contribution in [0.1, 0.15) is 50.5 Å². The molecule has 1 aliphatic carbocycles. The fourth-order valence-corrected chi connectivity index (χ4v) is 7.15. The predicted molar refractivity (Wildman–Crippen MR) is 167 cm³/mol. The lowest BCUT2D eigenvalue weighted by Gasteiger charge is -2.29. The van der Waals surface area contributed by atoms with Crippen LogP contribution in [0.25, 0.3) is 10.2 Å². The highest BCUT2D eigenvalue weighted by Crippen LogP contribution is 2.45. The second kappa shape index (κ2) is 13.0. The minimum atomic E-state index is -1.35. The van der Waals surface area contributed by atoms with Crippen molar-refractivity contribution >= 4 is 39.3 Å². The van der Waals surface area contributed by atoms with Crippen molar-refractivity contribution in [3.8, 4) is 10.9 Å². The van der Waals surface area contributed by atoms with E-state index in [1.165, 1.54) is 11.3 Å². The Morgan fingerprint density at radius 2 is 2.02 bits per heavy atom. The SMILES string of the molecule is COc1ccc2nc(O[C@@H]3C[C@H]4C(=O)N[C@]5(C(=O)O)C[C@H]5C=CCCCCC[C@H](NCc5ccccc5)C(=O)N4C3)sc2c1. The largest absolute Gasteiger partial charge is 0.497 e. The van der Waals surface area contributed by atoms with E-state index in [1.54, 1.807) is 12.0 Å². The zero-order valence-corrected chi connectivity index (χ0v) is 25.6. The monoisotopic (exact) mass is 618 g/mol. The summed E-state index contributed by atoms with van der Waals surface area (Å²) in [5, 5.41) is 16.8. The van der Waals surface area contributed by atoms with Gasteiger partial charge < -0.3 is 30.1 Å². The van der Waals surface area contributed by atoms with Gasteiger partial charge in [0.2, 0.25) is 11.8 Å². The average Bonchev–Trinajstić information content (AvgIpc) is 3.34. The molecule has 3 aliphatic rings. The zero-order chi connectivity index (χ0) is 30.7. The number of nitrogens with zero attached hydrogens (tertiary/aromatic N) is 2. The van der Waals surface area contributed by atoms with Crippen molar-refractivity contribution in [1.29, 1.82) is 0 Å². The first-order valence-electron chi connectivity index (χ1n) is 15.3. The van der Waals surface area contributed by atoms with Gasteiger partial charge in [0, 0.05) is 18.9 Å². The lowest BCUT2D eigenvalue weighted by Crippen LogP contribution is -2.55. The topological polar surface area (TPSA) is 130 Å². The van der Waals surface area contributed by atoms with Crippen molar-refractivity contribution in [3.63, 3.8) is 0 Å². The van der Waals surface area contributed by atoms with Crippen molar-refractivity contribution in [1.82, 2.24) is 20.5 Å². The van der Waals surface area contributed by atoms with Gasteiger partial charge in [-0.05, 0) is 49.4 Å². The van der Waals surface area contributed by atoms with Crippen LogP contribution in [-0.4, -0.2) is 70.2 Å². The molecule has 2 amide bonds. The van der Waals surface area contributed by atoms with Crippen LogP contribution in [0.5, 0.6) is 10.9 Å². The molecule has 1 saturated carbocycles. The summed E-state index contributed by atoms with van der Waals surface area (Å²) in [6.07, 6.45) is 8.25. The first-order chi connectivity index (χ1) is 21.4. The van der Waals surface area contributed by atoms with Gasteiger partial charge in [-0.25, -0.2) is 9.78 Å².